The van der Waals surface area contributed by atoms with Gasteiger partial charge in [-0.05, 0) is 45.1 Å². The summed E-state index contributed by atoms with van der Waals surface area (Å²) < 4.78 is 11.4. The molecule has 0 aliphatic carbocycles. The van der Waals surface area contributed by atoms with Crippen LogP contribution in [0.5, 0.6) is 5.75 Å². The number of furan rings is 1. The molecule has 0 N–H and O–H groups in total. The summed E-state index contributed by atoms with van der Waals surface area (Å²) >= 11 is 0. The van der Waals surface area contributed by atoms with Crippen molar-refractivity contribution in [3.05, 3.63) is 30.0 Å². The first-order valence-corrected chi connectivity index (χ1v) is 6.53. The molecule has 1 saturated heterocycles. The minimum atomic E-state index is 0.554. The molecule has 0 spiro atoms. The van der Waals surface area contributed by atoms with Gasteiger partial charge in [0.25, 0.3) is 0 Å². The average Bonchev–Trinajstić information content (AvgIpc) is 2.83. The molecule has 1 aromatic heterocycles. The van der Waals surface area contributed by atoms with Crippen LogP contribution in [0.4, 0.5) is 0 Å². The van der Waals surface area contributed by atoms with Crippen LogP contribution in [0.15, 0.2) is 28.7 Å². The van der Waals surface area contributed by atoms with Crippen LogP contribution in [0.1, 0.15) is 24.5 Å². The molecule has 18 heavy (non-hydrogen) atoms. The van der Waals surface area contributed by atoms with Gasteiger partial charge in [0.05, 0.1) is 7.11 Å². The molecule has 96 valence electrons. The zero-order valence-electron chi connectivity index (χ0n) is 11.0. The minimum Gasteiger partial charge on any atom is -0.493 e. The highest BCUT2D eigenvalue weighted by Gasteiger charge is 2.22. The highest BCUT2D eigenvalue weighted by molar-refractivity contribution is 5.83. The molecule has 0 saturated carbocycles. The monoisotopic (exact) mass is 245 g/mol. The molecule has 0 unspecified atom stereocenters. The molecule has 3 nitrogen and oxygen atoms in total. The molecule has 0 amide bonds. The Morgan fingerprint density at radius 1 is 1.28 bits per heavy atom. The van der Waals surface area contributed by atoms with Crippen molar-refractivity contribution in [1.82, 2.24) is 4.90 Å². The van der Waals surface area contributed by atoms with E-state index in [4.69, 9.17) is 9.15 Å². The summed E-state index contributed by atoms with van der Waals surface area (Å²) in [6, 6.07) is 8.22. The summed E-state index contributed by atoms with van der Waals surface area (Å²) in [5.74, 6) is 2.49. The Hall–Kier alpha value is -1.48. The van der Waals surface area contributed by atoms with Gasteiger partial charge in [-0.3, -0.25) is 0 Å². The van der Waals surface area contributed by atoms with Crippen LogP contribution in [0, 0.1) is 0 Å². The fraction of sp³-hybridized carbons (Fsp3) is 0.467. The Labute approximate surface area is 107 Å². The third kappa shape index (κ3) is 1.99. The van der Waals surface area contributed by atoms with Gasteiger partial charge in [-0.1, -0.05) is 12.1 Å². The van der Waals surface area contributed by atoms with E-state index in [1.54, 1.807) is 7.11 Å². The molecule has 0 radical (unpaired) electrons. The van der Waals surface area contributed by atoms with E-state index in [2.05, 4.69) is 24.1 Å². The highest BCUT2D eigenvalue weighted by Crippen LogP contribution is 2.35. The molecule has 0 bridgehead atoms. The predicted molar refractivity (Wildman–Crippen MR) is 72.2 cm³/mol. The maximum Gasteiger partial charge on any atom is 0.176 e. The van der Waals surface area contributed by atoms with E-state index in [0.717, 1.165) is 35.6 Å². The lowest BCUT2D eigenvalue weighted by atomic mass is 9.94. The lowest BCUT2D eigenvalue weighted by Crippen LogP contribution is -2.29. The summed E-state index contributed by atoms with van der Waals surface area (Å²) in [6.45, 7) is 2.30. The summed E-state index contributed by atoms with van der Waals surface area (Å²) in [7, 11) is 3.87. The lowest BCUT2D eigenvalue weighted by Gasteiger charge is -2.27. The quantitative estimate of drug-likeness (QED) is 0.812. The van der Waals surface area contributed by atoms with E-state index in [1.165, 1.54) is 12.8 Å². The highest BCUT2D eigenvalue weighted by atomic mass is 16.5. The van der Waals surface area contributed by atoms with Crippen molar-refractivity contribution < 1.29 is 9.15 Å². The molecule has 1 aliphatic heterocycles. The number of para-hydroxylation sites is 1. The summed E-state index contributed by atoms with van der Waals surface area (Å²) in [4.78, 5) is 2.37. The number of hydrogen-bond donors (Lipinski definition) is 0. The van der Waals surface area contributed by atoms with E-state index < -0.39 is 0 Å². The van der Waals surface area contributed by atoms with Crippen LogP contribution < -0.4 is 4.74 Å². The van der Waals surface area contributed by atoms with Crippen LogP contribution in [0.25, 0.3) is 11.0 Å². The first-order chi connectivity index (χ1) is 8.78. The fourth-order valence-electron chi connectivity index (χ4n) is 2.71. The molecule has 3 heteroatoms. The van der Waals surface area contributed by atoms with Gasteiger partial charge in [0, 0.05) is 11.3 Å². The third-order valence-corrected chi connectivity index (χ3v) is 3.87. The Bertz CT molecular complexity index is 538. The molecule has 1 aromatic carbocycles. The number of benzene rings is 1. The van der Waals surface area contributed by atoms with E-state index in [-0.39, 0.29) is 0 Å². The average molecular weight is 245 g/mol. The number of likely N-dealkylation sites (tertiary alicyclic amines) is 1. The normalized spacial score (nSPS) is 18.3. The summed E-state index contributed by atoms with van der Waals surface area (Å²) in [6.07, 6.45) is 2.36. The van der Waals surface area contributed by atoms with Crippen molar-refractivity contribution in [2.45, 2.75) is 18.8 Å². The van der Waals surface area contributed by atoms with Crippen LogP contribution in [-0.4, -0.2) is 32.1 Å². The van der Waals surface area contributed by atoms with Crippen LogP contribution >= 0.6 is 0 Å². The molecular formula is C15H19NO2. The second-order valence-corrected chi connectivity index (χ2v) is 5.10. The molecule has 2 heterocycles. The molecule has 2 aromatic rings. The van der Waals surface area contributed by atoms with E-state index in [1.807, 2.05) is 12.1 Å². The largest absolute Gasteiger partial charge is 0.493 e. The van der Waals surface area contributed by atoms with Gasteiger partial charge < -0.3 is 14.1 Å². The number of nitrogens with zero attached hydrogens (tertiary/aromatic N) is 1. The first-order valence-electron chi connectivity index (χ1n) is 6.53. The van der Waals surface area contributed by atoms with Gasteiger partial charge in [0.2, 0.25) is 0 Å². The number of fused-ring (bicyclic) bond motifs is 1. The second-order valence-electron chi connectivity index (χ2n) is 5.10. The predicted octanol–water partition coefficient (Wildman–Crippen LogP) is 3.25. The van der Waals surface area contributed by atoms with Crippen LogP contribution in [0.3, 0.4) is 0 Å². The molecule has 3 rings (SSSR count). The molecule has 1 fully saturated rings. The molecular weight excluding hydrogens is 226 g/mol. The Morgan fingerprint density at radius 2 is 2.06 bits per heavy atom. The van der Waals surface area contributed by atoms with Crippen LogP contribution in [0.2, 0.25) is 0 Å². The number of hydrogen-bond acceptors (Lipinski definition) is 3. The van der Waals surface area contributed by atoms with Crippen molar-refractivity contribution >= 4 is 11.0 Å². The first kappa shape index (κ1) is 11.6. The number of methoxy groups -OCH3 is 1. The third-order valence-electron chi connectivity index (χ3n) is 3.87. The molecule has 1 aliphatic rings. The van der Waals surface area contributed by atoms with Gasteiger partial charge >= 0.3 is 0 Å². The van der Waals surface area contributed by atoms with Gasteiger partial charge in [-0.2, -0.15) is 0 Å². The van der Waals surface area contributed by atoms with Gasteiger partial charge in [0.15, 0.2) is 11.3 Å². The fourth-order valence-corrected chi connectivity index (χ4v) is 2.71. The summed E-state index contributed by atoms with van der Waals surface area (Å²) in [5, 5.41) is 1.14. The van der Waals surface area contributed by atoms with Crippen molar-refractivity contribution in [1.29, 1.82) is 0 Å². The SMILES string of the molecule is COc1cccc2cc(C3CCN(C)CC3)oc12. The van der Waals surface area contributed by atoms with E-state index in [0.29, 0.717) is 5.92 Å². The van der Waals surface area contributed by atoms with E-state index in [9.17, 15) is 0 Å². The van der Waals surface area contributed by atoms with E-state index >= 15 is 0 Å². The van der Waals surface area contributed by atoms with Gasteiger partial charge in [0.1, 0.15) is 5.76 Å². The Balaban J connectivity index is 1.93. The maximum atomic E-state index is 6.02. The molecule has 0 atom stereocenters. The Kier molecular flexibility index (Phi) is 3.00. The van der Waals surface area contributed by atoms with Gasteiger partial charge in [-0.25, -0.2) is 0 Å². The lowest BCUT2D eigenvalue weighted by molar-refractivity contribution is 0.242. The maximum absolute atomic E-state index is 6.02. The summed E-state index contributed by atoms with van der Waals surface area (Å²) in [5.41, 5.74) is 0.883. The second kappa shape index (κ2) is 4.65. The van der Waals surface area contributed by atoms with Crippen molar-refractivity contribution in [3.8, 4) is 5.75 Å². The standard InChI is InChI=1S/C15H19NO2/c1-16-8-6-11(7-9-16)14-10-12-4-3-5-13(17-2)15(12)18-14/h3-5,10-11H,6-9H2,1-2H3. The minimum absolute atomic E-state index is 0.554. The number of ether oxygens (including phenoxy) is 1. The zero-order chi connectivity index (χ0) is 12.5. The van der Waals surface area contributed by atoms with Crippen molar-refractivity contribution in [2.24, 2.45) is 0 Å². The van der Waals surface area contributed by atoms with Gasteiger partial charge in [-0.15, -0.1) is 0 Å². The number of piperidine rings is 1. The smallest absolute Gasteiger partial charge is 0.176 e. The van der Waals surface area contributed by atoms with Crippen LogP contribution in [-0.2, 0) is 0 Å². The number of rotatable bonds is 2. The zero-order valence-corrected chi connectivity index (χ0v) is 11.0. The van der Waals surface area contributed by atoms with Crippen molar-refractivity contribution in [2.75, 3.05) is 27.2 Å². The Morgan fingerprint density at radius 3 is 2.78 bits per heavy atom. The topological polar surface area (TPSA) is 25.6 Å². The van der Waals surface area contributed by atoms with Crippen molar-refractivity contribution in [3.63, 3.8) is 0 Å².